The number of ether oxygens (including phenoxy) is 1. The van der Waals surface area contributed by atoms with Crippen molar-refractivity contribution in [1.29, 1.82) is 0 Å². The van der Waals surface area contributed by atoms with Crippen molar-refractivity contribution in [2.24, 2.45) is 5.73 Å². The molecule has 0 spiro atoms. The number of hydrogen-bond donors (Lipinski definition) is 1. The first kappa shape index (κ1) is 15.3. The monoisotopic (exact) mass is 299 g/mol. The van der Waals surface area contributed by atoms with Crippen molar-refractivity contribution in [3.8, 4) is 11.5 Å². The topological polar surface area (TPSA) is 35.2 Å². The molecule has 0 radical (unpaired) electrons. The van der Waals surface area contributed by atoms with Crippen LogP contribution >= 0.6 is 0 Å². The van der Waals surface area contributed by atoms with Gasteiger partial charge in [0.2, 0.25) is 0 Å². The summed E-state index contributed by atoms with van der Waals surface area (Å²) in [5.41, 5.74) is 5.55. The van der Waals surface area contributed by atoms with Gasteiger partial charge in [-0.15, -0.1) is 0 Å². The molecular formula is C15H13F4NO. The third kappa shape index (κ3) is 3.52. The summed E-state index contributed by atoms with van der Waals surface area (Å²) >= 11 is 0. The second-order valence-corrected chi connectivity index (χ2v) is 4.56. The lowest BCUT2D eigenvalue weighted by molar-refractivity contribution is -0.137. The first-order chi connectivity index (χ1) is 9.81. The molecule has 2 nitrogen and oxygen atoms in total. The fourth-order valence-corrected chi connectivity index (χ4v) is 1.82. The maximum Gasteiger partial charge on any atom is 0.416 e. The zero-order valence-corrected chi connectivity index (χ0v) is 11.2. The van der Waals surface area contributed by atoms with Gasteiger partial charge in [-0.1, -0.05) is 6.07 Å². The Labute approximate surface area is 119 Å². The third-order valence-electron chi connectivity index (χ3n) is 2.91. The lowest BCUT2D eigenvalue weighted by atomic mass is 10.1. The van der Waals surface area contributed by atoms with E-state index in [4.69, 9.17) is 10.5 Å². The maximum absolute atomic E-state index is 13.6. The van der Waals surface area contributed by atoms with Gasteiger partial charge >= 0.3 is 6.18 Å². The molecule has 0 bridgehead atoms. The van der Waals surface area contributed by atoms with Crippen LogP contribution in [-0.2, 0) is 12.7 Å². The fraction of sp³-hybridized carbons (Fsp3) is 0.200. The minimum Gasteiger partial charge on any atom is -0.454 e. The van der Waals surface area contributed by atoms with Crippen LogP contribution in [0.1, 0.15) is 16.7 Å². The normalized spacial score (nSPS) is 11.5. The van der Waals surface area contributed by atoms with Crippen molar-refractivity contribution >= 4 is 0 Å². The predicted octanol–water partition coefficient (Wildman–Crippen LogP) is 4.40. The number of rotatable bonds is 3. The highest BCUT2D eigenvalue weighted by atomic mass is 19.4. The summed E-state index contributed by atoms with van der Waals surface area (Å²) in [6, 6.07) is 7.20. The van der Waals surface area contributed by atoms with Gasteiger partial charge in [0.25, 0.3) is 0 Å². The Bertz CT molecular complexity index is 653. The highest BCUT2D eigenvalue weighted by Crippen LogP contribution is 2.34. The minimum absolute atomic E-state index is 0.0514. The minimum atomic E-state index is -4.46. The van der Waals surface area contributed by atoms with E-state index in [1.807, 2.05) is 0 Å². The van der Waals surface area contributed by atoms with Crippen molar-refractivity contribution < 1.29 is 22.3 Å². The van der Waals surface area contributed by atoms with Gasteiger partial charge < -0.3 is 10.5 Å². The van der Waals surface area contributed by atoms with E-state index in [0.717, 1.165) is 23.8 Å². The Morgan fingerprint density at radius 1 is 1.05 bits per heavy atom. The fourth-order valence-electron chi connectivity index (χ4n) is 1.82. The van der Waals surface area contributed by atoms with Gasteiger partial charge in [0.05, 0.1) is 5.56 Å². The van der Waals surface area contributed by atoms with Crippen LogP contribution in [0.3, 0.4) is 0 Å². The Morgan fingerprint density at radius 2 is 1.76 bits per heavy atom. The van der Waals surface area contributed by atoms with Crippen molar-refractivity contribution in [3.63, 3.8) is 0 Å². The summed E-state index contributed by atoms with van der Waals surface area (Å²) in [7, 11) is 0. The first-order valence-corrected chi connectivity index (χ1v) is 6.15. The number of alkyl halides is 3. The van der Waals surface area contributed by atoms with E-state index in [0.29, 0.717) is 0 Å². The Morgan fingerprint density at radius 3 is 2.38 bits per heavy atom. The van der Waals surface area contributed by atoms with E-state index in [9.17, 15) is 17.6 Å². The van der Waals surface area contributed by atoms with Crippen molar-refractivity contribution in [2.45, 2.75) is 19.6 Å². The summed E-state index contributed by atoms with van der Waals surface area (Å²) < 4.78 is 56.9. The molecule has 0 aliphatic carbocycles. The number of hydrogen-bond acceptors (Lipinski definition) is 2. The van der Waals surface area contributed by atoms with Crippen LogP contribution in [-0.4, -0.2) is 0 Å². The molecular weight excluding hydrogens is 286 g/mol. The standard InChI is InChI=1S/C15H13F4NO/c1-9-2-4-12(16)14(6-9)21-13-5-3-11(15(17,18)19)7-10(13)8-20/h2-7H,8,20H2,1H3. The van der Waals surface area contributed by atoms with Gasteiger partial charge in [-0.05, 0) is 42.8 Å². The number of aryl methyl sites for hydroxylation is 1. The van der Waals surface area contributed by atoms with Gasteiger partial charge in [0.15, 0.2) is 11.6 Å². The number of nitrogens with two attached hydrogens (primary N) is 1. The number of halogens is 4. The molecule has 2 aromatic rings. The summed E-state index contributed by atoms with van der Waals surface area (Å²) in [6.45, 7) is 1.61. The molecule has 112 valence electrons. The second kappa shape index (κ2) is 5.73. The Hall–Kier alpha value is -2.08. The molecule has 0 unspecified atom stereocenters. The van der Waals surface area contributed by atoms with Gasteiger partial charge in [-0.25, -0.2) is 4.39 Å². The lowest BCUT2D eigenvalue weighted by Gasteiger charge is -2.14. The summed E-state index contributed by atoms with van der Waals surface area (Å²) in [5.74, 6) is -0.539. The van der Waals surface area contributed by atoms with Crippen LogP contribution in [0.2, 0.25) is 0 Å². The van der Waals surface area contributed by atoms with Crippen molar-refractivity contribution in [3.05, 3.63) is 58.9 Å². The maximum atomic E-state index is 13.6. The molecule has 6 heteroatoms. The highest BCUT2D eigenvalue weighted by Gasteiger charge is 2.31. The van der Waals surface area contributed by atoms with Crippen LogP contribution in [0.15, 0.2) is 36.4 Å². The molecule has 21 heavy (non-hydrogen) atoms. The molecule has 0 aromatic heterocycles. The van der Waals surface area contributed by atoms with E-state index in [1.165, 1.54) is 12.1 Å². The van der Waals surface area contributed by atoms with E-state index in [1.54, 1.807) is 13.0 Å². The molecule has 0 atom stereocenters. The van der Waals surface area contributed by atoms with Crippen molar-refractivity contribution in [1.82, 2.24) is 0 Å². The number of benzene rings is 2. The average Bonchev–Trinajstić information content (AvgIpc) is 2.42. The van der Waals surface area contributed by atoms with Crippen LogP contribution in [0, 0.1) is 12.7 Å². The second-order valence-electron chi connectivity index (χ2n) is 4.56. The first-order valence-electron chi connectivity index (χ1n) is 6.15. The summed E-state index contributed by atoms with van der Waals surface area (Å²) in [5, 5.41) is 0. The van der Waals surface area contributed by atoms with E-state index < -0.39 is 17.6 Å². The average molecular weight is 299 g/mol. The molecule has 0 amide bonds. The van der Waals surface area contributed by atoms with Crippen molar-refractivity contribution in [2.75, 3.05) is 0 Å². The summed E-state index contributed by atoms with van der Waals surface area (Å²) in [4.78, 5) is 0. The smallest absolute Gasteiger partial charge is 0.416 e. The molecule has 0 fully saturated rings. The van der Waals surface area contributed by atoms with Gasteiger partial charge in [0.1, 0.15) is 5.75 Å². The zero-order chi connectivity index (χ0) is 15.6. The molecule has 0 saturated carbocycles. The highest BCUT2D eigenvalue weighted by molar-refractivity contribution is 5.42. The van der Waals surface area contributed by atoms with Crippen LogP contribution < -0.4 is 10.5 Å². The van der Waals surface area contributed by atoms with Crippen LogP contribution in [0.25, 0.3) is 0 Å². The molecule has 2 rings (SSSR count). The molecule has 2 N–H and O–H groups in total. The summed E-state index contributed by atoms with van der Waals surface area (Å²) in [6.07, 6.45) is -4.46. The van der Waals surface area contributed by atoms with Gasteiger partial charge in [0, 0.05) is 12.1 Å². The molecule has 0 heterocycles. The van der Waals surface area contributed by atoms with Crippen LogP contribution in [0.5, 0.6) is 11.5 Å². The largest absolute Gasteiger partial charge is 0.454 e. The Balaban J connectivity index is 2.38. The quantitative estimate of drug-likeness (QED) is 0.852. The predicted molar refractivity (Wildman–Crippen MR) is 70.5 cm³/mol. The molecule has 0 aliphatic heterocycles. The van der Waals surface area contributed by atoms with E-state index in [2.05, 4.69) is 0 Å². The van der Waals surface area contributed by atoms with E-state index >= 15 is 0 Å². The zero-order valence-electron chi connectivity index (χ0n) is 11.2. The van der Waals surface area contributed by atoms with Gasteiger partial charge in [-0.2, -0.15) is 13.2 Å². The molecule has 0 saturated heterocycles. The Kier molecular flexibility index (Phi) is 4.18. The lowest BCUT2D eigenvalue weighted by Crippen LogP contribution is -2.08. The molecule has 0 aliphatic rings. The van der Waals surface area contributed by atoms with E-state index in [-0.39, 0.29) is 23.6 Å². The molecule has 2 aromatic carbocycles. The SMILES string of the molecule is Cc1ccc(F)c(Oc2ccc(C(F)(F)F)cc2CN)c1. The third-order valence-corrected chi connectivity index (χ3v) is 2.91. The van der Waals surface area contributed by atoms with Gasteiger partial charge in [-0.3, -0.25) is 0 Å². The van der Waals surface area contributed by atoms with Crippen LogP contribution in [0.4, 0.5) is 17.6 Å².